The third-order valence-corrected chi connectivity index (χ3v) is 10.1. The van der Waals surface area contributed by atoms with Crippen LogP contribution in [0.3, 0.4) is 0 Å². The normalized spacial score (nSPS) is 29.4. The fourth-order valence-electron chi connectivity index (χ4n) is 7.83. The molecule has 230 valence electrons. The van der Waals surface area contributed by atoms with Crippen molar-refractivity contribution in [3.05, 3.63) is 64.5 Å². The summed E-state index contributed by atoms with van der Waals surface area (Å²) >= 11 is 6.02. The number of methoxy groups -OCH3 is 1. The largest absolute Gasteiger partial charge is 0.504 e. The second kappa shape index (κ2) is 10.7. The number of halogens is 2. The molecule has 2 aliphatic carbocycles. The zero-order valence-electron chi connectivity index (χ0n) is 24.0. The number of anilines is 1. The first-order valence-corrected chi connectivity index (χ1v) is 14.7. The van der Waals surface area contributed by atoms with Gasteiger partial charge in [-0.3, -0.25) is 28.9 Å². The number of carboxylic acids is 1. The van der Waals surface area contributed by atoms with Crippen molar-refractivity contribution in [1.29, 1.82) is 0 Å². The highest BCUT2D eigenvalue weighted by atomic mass is 35.5. The number of phenolic OH excluding ortho intramolecular Hbond substituents is 1. The SMILES string of the molecule is COc1ccc(C2C3=CCC4C(=O)N(CCCC(=O)O)C(=O)C4C3CC3C(=O)N(c4ccc(F)c(Cl)c4)C(=O)C32C)cc1O. The van der Waals surface area contributed by atoms with Crippen molar-refractivity contribution in [2.45, 2.75) is 38.5 Å². The zero-order chi connectivity index (χ0) is 31.7. The molecule has 0 radical (unpaired) electrons. The summed E-state index contributed by atoms with van der Waals surface area (Å²) in [5, 5.41) is 19.5. The fraction of sp³-hybridized carbons (Fsp3) is 0.406. The second-order valence-electron chi connectivity index (χ2n) is 12.0. The van der Waals surface area contributed by atoms with Crippen LogP contribution < -0.4 is 9.64 Å². The molecule has 12 heteroatoms. The predicted molar refractivity (Wildman–Crippen MR) is 154 cm³/mol. The van der Waals surface area contributed by atoms with Crippen molar-refractivity contribution in [2.75, 3.05) is 18.6 Å². The number of rotatable bonds is 7. The van der Waals surface area contributed by atoms with Gasteiger partial charge in [0.05, 0.1) is 41.0 Å². The molecule has 2 aromatic carbocycles. The molecule has 0 spiro atoms. The predicted octanol–water partition coefficient (Wildman–Crippen LogP) is 4.29. The van der Waals surface area contributed by atoms with E-state index in [9.17, 15) is 33.5 Å². The van der Waals surface area contributed by atoms with Crippen molar-refractivity contribution < 1.29 is 43.3 Å². The number of carbonyl (C=O) groups excluding carboxylic acids is 4. The van der Waals surface area contributed by atoms with E-state index in [1.807, 2.05) is 6.08 Å². The van der Waals surface area contributed by atoms with E-state index >= 15 is 0 Å². The number of fused-ring (bicyclic) bond motifs is 4. The number of carboxylic acid groups (broad SMARTS) is 1. The highest BCUT2D eigenvalue weighted by molar-refractivity contribution is 6.31. The van der Waals surface area contributed by atoms with Gasteiger partial charge >= 0.3 is 5.97 Å². The van der Waals surface area contributed by atoms with Gasteiger partial charge in [0.2, 0.25) is 23.6 Å². The maximum absolute atomic E-state index is 14.4. The summed E-state index contributed by atoms with van der Waals surface area (Å²) in [7, 11) is 1.41. The van der Waals surface area contributed by atoms with Crippen molar-refractivity contribution in [3.63, 3.8) is 0 Å². The molecular weight excluding hydrogens is 595 g/mol. The summed E-state index contributed by atoms with van der Waals surface area (Å²) in [5.74, 6) is -7.24. The second-order valence-corrected chi connectivity index (χ2v) is 12.4. The van der Waals surface area contributed by atoms with Crippen LogP contribution in [-0.4, -0.2) is 58.4 Å². The number of aromatic hydroxyl groups is 1. The Balaban J connectivity index is 1.46. The summed E-state index contributed by atoms with van der Waals surface area (Å²) in [6.07, 6.45) is 2.15. The van der Waals surface area contributed by atoms with Crippen LogP contribution in [0.4, 0.5) is 10.1 Å². The molecule has 44 heavy (non-hydrogen) atoms. The smallest absolute Gasteiger partial charge is 0.303 e. The number of ether oxygens (including phenoxy) is 1. The number of likely N-dealkylation sites (tertiary alicyclic amines) is 1. The number of imide groups is 2. The lowest BCUT2D eigenvalue weighted by atomic mass is 9.51. The lowest BCUT2D eigenvalue weighted by Gasteiger charge is -2.49. The van der Waals surface area contributed by atoms with Crippen molar-refractivity contribution >= 4 is 46.9 Å². The molecule has 2 aliphatic heterocycles. The van der Waals surface area contributed by atoms with Gasteiger partial charge < -0.3 is 14.9 Å². The molecule has 6 atom stereocenters. The van der Waals surface area contributed by atoms with E-state index in [4.69, 9.17) is 21.4 Å². The van der Waals surface area contributed by atoms with Gasteiger partial charge in [-0.1, -0.05) is 29.3 Å². The van der Waals surface area contributed by atoms with Gasteiger partial charge in [-0.2, -0.15) is 0 Å². The number of benzene rings is 2. The van der Waals surface area contributed by atoms with Crippen molar-refractivity contribution in [3.8, 4) is 11.5 Å². The van der Waals surface area contributed by atoms with Gasteiger partial charge in [0.25, 0.3) is 0 Å². The highest BCUT2D eigenvalue weighted by Gasteiger charge is 2.67. The molecule has 10 nitrogen and oxygen atoms in total. The first kappa shape index (κ1) is 29.8. The molecule has 4 amide bonds. The third-order valence-electron chi connectivity index (χ3n) is 9.84. The fourth-order valence-corrected chi connectivity index (χ4v) is 8.00. The summed E-state index contributed by atoms with van der Waals surface area (Å²) in [6.45, 7) is 1.67. The van der Waals surface area contributed by atoms with Crippen LogP contribution in [0.2, 0.25) is 5.02 Å². The number of nitrogens with zero attached hydrogens (tertiary/aromatic N) is 2. The number of carbonyl (C=O) groups is 5. The summed E-state index contributed by atoms with van der Waals surface area (Å²) < 4.78 is 19.2. The number of hydrogen-bond acceptors (Lipinski definition) is 7. The lowest BCUT2D eigenvalue weighted by molar-refractivity contribution is -0.142. The molecule has 3 fully saturated rings. The Hall–Kier alpha value is -4.25. The van der Waals surface area contributed by atoms with Crippen LogP contribution in [0.25, 0.3) is 0 Å². The van der Waals surface area contributed by atoms with Crippen LogP contribution >= 0.6 is 11.6 Å². The molecule has 1 saturated carbocycles. The average Bonchev–Trinajstić information content (AvgIpc) is 3.34. The van der Waals surface area contributed by atoms with Gasteiger partial charge in [0.1, 0.15) is 5.82 Å². The van der Waals surface area contributed by atoms with Gasteiger partial charge in [-0.05, 0) is 68.0 Å². The van der Waals surface area contributed by atoms with E-state index in [-0.39, 0.29) is 60.3 Å². The van der Waals surface area contributed by atoms with E-state index in [1.165, 1.54) is 25.3 Å². The Morgan fingerprint density at radius 2 is 1.84 bits per heavy atom. The molecule has 0 bridgehead atoms. The number of aliphatic carboxylic acids is 1. The Kier molecular flexibility index (Phi) is 7.27. The molecule has 0 aromatic heterocycles. The molecule has 2 aromatic rings. The molecule has 6 rings (SSSR count). The molecular formula is C32H30ClFN2O8. The Labute approximate surface area is 257 Å². The topological polar surface area (TPSA) is 142 Å². The minimum absolute atomic E-state index is 0.0214. The maximum atomic E-state index is 14.4. The summed E-state index contributed by atoms with van der Waals surface area (Å²) in [4.78, 5) is 68.9. The zero-order valence-corrected chi connectivity index (χ0v) is 24.7. The van der Waals surface area contributed by atoms with Crippen molar-refractivity contribution in [1.82, 2.24) is 4.90 Å². The van der Waals surface area contributed by atoms with Crippen LogP contribution in [0, 0.1) is 34.9 Å². The summed E-state index contributed by atoms with van der Waals surface area (Å²) in [6, 6.07) is 8.36. The van der Waals surface area contributed by atoms with E-state index in [2.05, 4.69) is 0 Å². The van der Waals surface area contributed by atoms with Crippen LogP contribution in [0.5, 0.6) is 11.5 Å². The number of amides is 4. The van der Waals surface area contributed by atoms with Gasteiger partial charge in [-0.15, -0.1) is 0 Å². The Morgan fingerprint density at radius 3 is 2.50 bits per heavy atom. The van der Waals surface area contributed by atoms with E-state index < -0.39 is 64.5 Å². The third kappa shape index (κ3) is 4.31. The standard InChI is InChI=1S/C32H30ClFN2O8/c1-32-20(29(41)36(31(32)43)16-6-9-22(34)21(33)13-16)14-19-17(27(32)15-5-10-24(44-2)23(37)12-15)7-8-18-26(19)30(42)35(28(18)40)11-3-4-25(38)39/h5-7,9-10,12-13,18-20,26-27,37H,3-4,8,11,14H2,1-2H3,(H,38,39). The van der Waals surface area contributed by atoms with Crippen LogP contribution in [-0.2, 0) is 24.0 Å². The van der Waals surface area contributed by atoms with Crippen LogP contribution in [0.15, 0.2) is 48.0 Å². The first-order chi connectivity index (χ1) is 20.9. The van der Waals surface area contributed by atoms with Crippen molar-refractivity contribution in [2.24, 2.45) is 29.1 Å². The monoisotopic (exact) mass is 624 g/mol. The average molecular weight is 625 g/mol. The van der Waals surface area contributed by atoms with E-state index in [0.29, 0.717) is 5.56 Å². The molecule has 2 N–H and O–H groups in total. The molecule has 4 aliphatic rings. The highest BCUT2D eigenvalue weighted by Crippen LogP contribution is 2.64. The quantitative estimate of drug-likeness (QED) is 0.343. The Bertz CT molecular complexity index is 1660. The first-order valence-electron chi connectivity index (χ1n) is 14.4. The van der Waals surface area contributed by atoms with Gasteiger partial charge in [0.15, 0.2) is 11.5 Å². The van der Waals surface area contributed by atoms with Gasteiger partial charge in [-0.25, -0.2) is 9.29 Å². The van der Waals surface area contributed by atoms with E-state index in [0.717, 1.165) is 21.4 Å². The lowest BCUT2D eigenvalue weighted by Crippen LogP contribution is -2.48. The Morgan fingerprint density at radius 1 is 1.09 bits per heavy atom. The number of allylic oxidation sites excluding steroid dienone is 2. The van der Waals surface area contributed by atoms with Crippen LogP contribution in [0.1, 0.15) is 44.1 Å². The number of phenols is 1. The molecule has 6 unspecified atom stereocenters. The van der Waals surface area contributed by atoms with E-state index in [1.54, 1.807) is 19.1 Å². The number of hydrogen-bond donors (Lipinski definition) is 2. The minimum Gasteiger partial charge on any atom is -0.504 e. The van der Waals surface area contributed by atoms with Gasteiger partial charge in [0, 0.05) is 18.9 Å². The maximum Gasteiger partial charge on any atom is 0.303 e. The summed E-state index contributed by atoms with van der Waals surface area (Å²) in [5.41, 5.74) is 0.00891. The minimum atomic E-state index is -1.36. The molecule has 2 heterocycles. The molecule has 2 saturated heterocycles.